The van der Waals surface area contributed by atoms with Gasteiger partial charge in [-0.25, -0.2) is 4.79 Å². The summed E-state index contributed by atoms with van der Waals surface area (Å²) in [5.74, 6) is 0.351. The predicted octanol–water partition coefficient (Wildman–Crippen LogP) is 1.39. The highest BCUT2D eigenvalue weighted by molar-refractivity contribution is 6.09. The van der Waals surface area contributed by atoms with E-state index in [1.165, 1.54) is 0 Å². The van der Waals surface area contributed by atoms with Crippen molar-refractivity contribution in [1.82, 2.24) is 20.0 Å². The lowest BCUT2D eigenvalue weighted by atomic mass is 9.88. The Balaban J connectivity index is 1.30. The Morgan fingerprint density at radius 3 is 2.26 bits per heavy atom. The molecule has 34 heavy (non-hydrogen) atoms. The van der Waals surface area contributed by atoms with Gasteiger partial charge >= 0.3 is 6.03 Å². The minimum absolute atomic E-state index is 0.137. The van der Waals surface area contributed by atoms with E-state index in [9.17, 15) is 19.2 Å². The average Bonchev–Trinajstić information content (AvgIpc) is 3.07. The Labute approximate surface area is 199 Å². The molecule has 3 heterocycles. The van der Waals surface area contributed by atoms with Crippen LogP contribution >= 0.6 is 0 Å². The number of nitrogens with one attached hydrogen (secondary N) is 1. The first-order valence-electron chi connectivity index (χ1n) is 12.0. The summed E-state index contributed by atoms with van der Waals surface area (Å²) in [6.45, 7) is 5.14. The van der Waals surface area contributed by atoms with E-state index in [1.807, 2.05) is 26.0 Å². The van der Waals surface area contributed by atoms with E-state index >= 15 is 0 Å². The fourth-order valence-electron chi connectivity index (χ4n) is 4.89. The predicted molar refractivity (Wildman–Crippen MR) is 122 cm³/mol. The summed E-state index contributed by atoms with van der Waals surface area (Å²) in [7, 11) is 0. The van der Waals surface area contributed by atoms with E-state index in [-0.39, 0.29) is 30.9 Å². The smallest absolute Gasteiger partial charge is 0.325 e. The first kappa shape index (κ1) is 23.8. The molecule has 4 rings (SSSR count). The first-order chi connectivity index (χ1) is 16.4. The van der Waals surface area contributed by atoms with E-state index in [1.54, 1.807) is 21.9 Å². The van der Waals surface area contributed by atoms with Crippen molar-refractivity contribution in [2.45, 2.75) is 51.2 Å². The maximum atomic E-state index is 13.0. The number of nitrogens with zero attached hydrogens (tertiary/aromatic N) is 3. The number of hydrogen-bond donors (Lipinski definition) is 1. The van der Waals surface area contributed by atoms with Gasteiger partial charge in [-0.15, -0.1) is 0 Å². The van der Waals surface area contributed by atoms with Crippen LogP contribution in [0.1, 0.15) is 39.5 Å². The molecular weight excluding hydrogens is 440 g/mol. The van der Waals surface area contributed by atoms with Crippen molar-refractivity contribution in [2.75, 3.05) is 39.3 Å². The van der Waals surface area contributed by atoms with Crippen molar-refractivity contribution in [3.05, 3.63) is 24.3 Å². The molecule has 3 aliphatic heterocycles. The molecule has 10 heteroatoms. The van der Waals surface area contributed by atoms with Crippen LogP contribution in [-0.2, 0) is 14.4 Å². The van der Waals surface area contributed by atoms with Gasteiger partial charge in [-0.05, 0) is 25.0 Å². The van der Waals surface area contributed by atoms with Gasteiger partial charge in [-0.1, -0.05) is 38.8 Å². The molecule has 0 aliphatic carbocycles. The molecule has 1 atom stereocenters. The highest BCUT2D eigenvalue weighted by Gasteiger charge is 2.50. The minimum Gasteiger partial charge on any atom is -0.485 e. The van der Waals surface area contributed by atoms with Crippen LogP contribution in [0.2, 0.25) is 0 Å². The number of imide groups is 1. The lowest BCUT2D eigenvalue weighted by molar-refractivity contribution is -0.147. The number of fused-ring (bicyclic) bond motifs is 1. The molecule has 5 amide bonds. The molecule has 2 saturated heterocycles. The maximum Gasteiger partial charge on any atom is 0.325 e. The number of hydrogen-bond acceptors (Lipinski definition) is 6. The van der Waals surface area contributed by atoms with Crippen LogP contribution < -0.4 is 14.8 Å². The number of amides is 5. The number of carbonyl (C=O) groups excluding carboxylic acids is 4. The molecule has 184 valence electrons. The molecule has 3 aliphatic rings. The third kappa shape index (κ3) is 4.53. The Morgan fingerprint density at radius 1 is 1.00 bits per heavy atom. The highest BCUT2D eigenvalue weighted by Crippen LogP contribution is 2.31. The minimum atomic E-state index is -0.910. The molecule has 0 radical (unpaired) electrons. The first-order valence-corrected chi connectivity index (χ1v) is 12.0. The van der Waals surface area contributed by atoms with Gasteiger partial charge in [0.1, 0.15) is 18.7 Å². The summed E-state index contributed by atoms with van der Waals surface area (Å²) < 4.78 is 11.4. The molecule has 1 aromatic rings. The standard InChI is InChI=1S/C24H32N4O6/c1-3-9-24(10-4-2)22(31)28(23(32)25-24)15-20(29)26-11-13-27(14-12-26)21(30)19-16-33-17-7-5-6-8-18(17)34-19/h5-8,19H,3-4,9-16H2,1-2H3,(H,25,32). The van der Waals surface area contributed by atoms with E-state index < -0.39 is 17.7 Å². The molecular formula is C24H32N4O6. The summed E-state index contributed by atoms with van der Waals surface area (Å²) in [6, 6.07) is 6.70. The molecule has 0 bridgehead atoms. The molecule has 2 fully saturated rings. The molecule has 10 nitrogen and oxygen atoms in total. The van der Waals surface area contributed by atoms with Crippen molar-refractivity contribution < 1.29 is 28.7 Å². The summed E-state index contributed by atoms with van der Waals surface area (Å²) in [6.07, 6.45) is 1.88. The van der Waals surface area contributed by atoms with Gasteiger partial charge < -0.3 is 24.6 Å². The Hall–Kier alpha value is -3.30. The van der Waals surface area contributed by atoms with Crippen molar-refractivity contribution >= 4 is 23.8 Å². The van der Waals surface area contributed by atoms with Gasteiger partial charge in [0.25, 0.3) is 11.8 Å². The van der Waals surface area contributed by atoms with Crippen LogP contribution in [0, 0.1) is 0 Å². The van der Waals surface area contributed by atoms with Gasteiger partial charge in [0.15, 0.2) is 11.5 Å². The van der Waals surface area contributed by atoms with Crippen molar-refractivity contribution in [1.29, 1.82) is 0 Å². The quantitative estimate of drug-likeness (QED) is 0.601. The van der Waals surface area contributed by atoms with Crippen LogP contribution in [0.5, 0.6) is 11.5 Å². The number of urea groups is 1. The Morgan fingerprint density at radius 2 is 1.62 bits per heavy atom. The van der Waals surface area contributed by atoms with E-state index in [4.69, 9.17) is 9.47 Å². The van der Waals surface area contributed by atoms with Crippen LogP contribution in [0.25, 0.3) is 0 Å². The van der Waals surface area contributed by atoms with E-state index in [0.29, 0.717) is 50.5 Å². The summed E-state index contributed by atoms with van der Waals surface area (Å²) in [4.78, 5) is 55.6. The Bertz CT molecular complexity index is 953. The van der Waals surface area contributed by atoms with Gasteiger partial charge in [-0.2, -0.15) is 0 Å². The van der Waals surface area contributed by atoms with Crippen LogP contribution in [-0.4, -0.2) is 89.4 Å². The second kappa shape index (κ2) is 9.90. The average molecular weight is 473 g/mol. The van der Waals surface area contributed by atoms with Gasteiger partial charge in [0.05, 0.1) is 0 Å². The third-order valence-electron chi connectivity index (χ3n) is 6.62. The lowest BCUT2D eigenvalue weighted by Crippen LogP contribution is -2.56. The van der Waals surface area contributed by atoms with Crippen LogP contribution in [0.3, 0.4) is 0 Å². The molecule has 0 aromatic heterocycles. The molecule has 0 saturated carbocycles. The summed E-state index contributed by atoms with van der Waals surface area (Å²) >= 11 is 0. The molecule has 0 spiro atoms. The van der Waals surface area contributed by atoms with Gasteiger partial charge in [0.2, 0.25) is 12.0 Å². The number of carbonyl (C=O) groups is 4. The normalized spacial score (nSPS) is 21.5. The number of benzene rings is 1. The lowest BCUT2D eigenvalue weighted by Gasteiger charge is -2.37. The second-order valence-electron chi connectivity index (χ2n) is 8.97. The number of piperazine rings is 1. The fraction of sp³-hybridized carbons (Fsp3) is 0.583. The van der Waals surface area contributed by atoms with Gasteiger partial charge in [-0.3, -0.25) is 19.3 Å². The summed E-state index contributed by atoms with van der Waals surface area (Å²) in [5.41, 5.74) is -0.910. The largest absolute Gasteiger partial charge is 0.485 e. The topological polar surface area (TPSA) is 108 Å². The molecule has 1 unspecified atom stereocenters. The SMILES string of the molecule is CCCC1(CCC)NC(=O)N(CC(=O)N2CCN(C(=O)C3COc4ccccc4O3)CC2)C1=O. The van der Waals surface area contributed by atoms with Crippen LogP contribution in [0.4, 0.5) is 4.79 Å². The number of ether oxygens (including phenoxy) is 2. The van der Waals surface area contributed by atoms with Gasteiger partial charge in [0, 0.05) is 26.2 Å². The van der Waals surface area contributed by atoms with Crippen molar-refractivity contribution in [2.24, 2.45) is 0 Å². The fourth-order valence-corrected chi connectivity index (χ4v) is 4.89. The number of para-hydroxylation sites is 2. The molecule has 1 N–H and O–H groups in total. The molecule has 1 aromatic carbocycles. The highest BCUT2D eigenvalue weighted by atomic mass is 16.6. The summed E-state index contributed by atoms with van der Waals surface area (Å²) in [5, 5.41) is 2.83. The zero-order chi connectivity index (χ0) is 24.3. The van der Waals surface area contributed by atoms with E-state index in [0.717, 1.165) is 17.7 Å². The second-order valence-corrected chi connectivity index (χ2v) is 8.97. The third-order valence-corrected chi connectivity index (χ3v) is 6.62. The number of rotatable bonds is 7. The zero-order valence-corrected chi connectivity index (χ0v) is 19.7. The van der Waals surface area contributed by atoms with Crippen LogP contribution in [0.15, 0.2) is 24.3 Å². The Kier molecular flexibility index (Phi) is 6.95. The van der Waals surface area contributed by atoms with E-state index in [2.05, 4.69) is 5.32 Å². The maximum absolute atomic E-state index is 13.0. The zero-order valence-electron chi connectivity index (χ0n) is 19.7. The van der Waals surface area contributed by atoms with Crippen molar-refractivity contribution in [3.63, 3.8) is 0 Å². The monoisotopic (exact) mass is 472 g/mol. The van der Waals surface area contributed by atoms with Crippen molar-refractivity contribution in [3.8, 4) is 11.5 Å².